The van der Waals surface area contributed by atoms with Crippen molar-refractivity contribution in [2.24, 2.45) is 5.10 Å². The van der Waals surface area contributed by atoms with Gasteiger partial charge in [0.2, 0.25) is 5.95 Å². The zero-order chi connectivity index (χ0) is 12.4. The van der Waals surface area contributed by atoms with Gasteiger partial charge in [-0.05, 0) is 31.5 Å². The highest BCUT2D eigenvalue weighted by Crippen LogP contribution is 2.09. The van der Waals surface area contributed by atoms with Crippen LogP contribution in [0.15, 0.2) is 29.5 Å². The maximum atomic E-state index is 13.1. The van der Waals surface area contributed by atoms with Crippen LogP contribution in [0.5, 0.6) is 0 Å². The number of nitrogens with two attached hydrogens (primary N) is 1. The topological polar surface area (TPSA) is 56.2 Å². The summed E-state index contributed by atoms with van der Waals surface area (Å²) in [7, 11) is 0. The van der Waals surface area contributed by atoms with Gasteiger partial charge in [-0.2, -0.15) is 5.10 Å². The number of aromatic nitrogens is 2. The highest BCUT2D eigenvalue weighted by atomic mass is 19.1. The van der Waals surface area contributed by atoms with Gasteiger partial charge in [-0.1, -0.05) is 6.07 Å². The molecule has 88 valence electrons. The van der Waals surface area contributed by atoms with E-state index >= 15 is 0 Å². The first kappa shape index (κ1) is 11.3. The third kappa shape index (κ3) is 2.50. The van der Waals surface area contributed by atoms with Crippen LogP contribution in [0.3, 0.4) is 0 Å². The number of nitrogen functional groups attached to an aromatic ring is 1. The van der Waals surface area contributed by atoms with Gasteiger partial charge in [0.05, 0.1) is 18.1 Å². The van der Waals surface area contributed by atoms with E-state index in [-0.39, 0.29) is 5.82 Å². The van der Waals surface area contributed by atoms with Gasteiger partial charge < -0.3 is 5.73 Å². The van der Waals surface area contributed by atoms with Crippen LogP contribution < -0.4 is 5.73 Å². The quantitative estimate of drug-likeness (QED) is 0.806. The number of nitrogens with zero attached hydrogens (tertiary/aromatic N) is 3. The summed E-state index contributed by atoms with van der Waals surface area (Å²) < 4.78 is 14.5. The van der Waals surface area contributed by atoms with Crippen molar-refractivity contribution >= 4 is 12.2 Å². The molecule has 0 atom stereocenters. The van der Waals surface area contributed by atoms with E-state index in [9.17, 15) is 4.39 Å². The van der Waals surface area contributed by atoms with Crippen LogP contribution in [-0.4, -0.2) is 15.9 Å². The molecule has 0 radical (unpaired) electrons. The third-order valence-electron chi connectivity index (χ3n) is 2.40. The Bertz CT molecular complexity index is 572. The van der Waals surface area contributed by atoms with Crippen molar-refractivity contribution in [3.8, 4) is 0 Å². The van der Waals surface area contributed by atoms with Crippen molar-refractivity contribution in [2.45, 2.75) is 13.8 Å². The lowest BCUT2D eigenvalue weighted by Gasteiger charge is -2.00. The van der Waals surface area contributed by atoms with Crippen LogP contribution in [0.4, 0.5) is 10.3 Å². The fourth-order valence-corrected chi connectivity index (χ4v) is 1.47. The highest BCUT2D eigenvalue weighted by Gasteiger charge is 2.00. The zero-order valence-corrected chi connectivity index (χ0v) is 9.68. The van der Waals surface area contributed by atoms with E-state index < -0.39 is 0 Å². The minimum atomic E-state index is -0.285. The summed E-state index contributed by atoms with van der Waals surface area (Å²) in [6.07, 6.45) is 3.27. The zero-order valence-electron chi connectivity index (χ0n) is 9.68. The average Bonchev–Trinajstić information content (AvgIpc) is 2.59. The summed E-state index contributed by atoms with van der Waals surface area (Å²) >= 11 is 0. The van der Waals surface area contributed by atoms with Gasteiger partial charge in [0.1, 0.15) is 5.82 Å². The van der Waals surface area contributed by atoms with Crippen LogP contribution in [0, 0.1) is 19.7 Å². The fraction of sp³-hybridized carbons (Fsp3) is 0.167. The highest BCUT2D eigenvalue weighted by molar-refractivity contribution is 5.81. The van der Waals surface area contributed by atoms with Crippen molar-refractivity contribution < 1.29 is 4.39 Å². The number of hydrogen-bond acceptors (Lipinski definition) is 3. The summed E-state index contributed by atoms with van der Waals surface area (Å²) in [4.78, 5) is 4.02. The van der Waals surface area contributed by atoms with Crippen molar-refractivity contribution in [1.82, 2.24) is 9.66 Å². The van der Waals surface area contributed by atoms with Crippen molar-refractivity contribution in [3.63, 3.8) is 0 Å². The number of imidazole rings is 1. The lowest BCUT2D eigenvalue weighted by molar-refractivity contribution is 0.627. The van der Waals surface area contributed by atoms with Gasteiger partial charge >= 0.3 is 0 Å². The Morgan fingerprint density at radius 2 is 2.18 bits per heavy atom. The first-order valence-electron chi connectivity index (χ1n) is 5.18. The second-order valence-electron chi connectivity index (χ2n) is 3.83. The van der Waals surface area contributed by atoms with Crippen molar-refractivity contribution in [2.75, 3.05) is 5.73 Å². The Kier molecular flexibility index (Phi) is 2.91. The predicted molar refractivity (Wildman–Crippen MR) is 65.5 cm³/mol. The van der Waals surface area contributed by atoms with E-state index in [1.54, 1.807) is 18.5 Å². The molecule has 0 amide bonds. The van der Waals surface area contributed by atoms with E-state index in [4.69, 9.17) is 5.73 Å². The number of rotatable bonds is 2. The first-order chi connectivity index (χ1) is 8.06. The molecule has 1 heterocycles. The number of benzene rings is 1. The van der Waals surface area contributed by atoms with Gasteiger partial charge in [-0.15, -0.1) is 0 Å². The summed E-state index contributed by atoms with van der Waals surface area (Å²) in [5, 5.41) is 4.14. The molecule has 0 spiro atoms. The molecule has 5 heteroatoms. The summed E-state index contributed by atoms with van der Waals surface area (Å²) in [5.74, 6) is 0.0274. The van der Waals surface area contributed by atoms with E-state index in [1.807, 2.05) is 13.8 Å². The Morgan fingerprint density at radius 3 is 2.82 bits per heavy atom. The Labute approximate surface area is 98.6 Å². The van der Waals surface area contributed by atoms with Crippen LogP contribution >= 0.6 is 0 Å². The molecule has 2 rings (SSSR count). The summed E-state index contributed by atoms with van der Waals surface area (Å²) in [6, 6.07) is 4.56. The molecule has 0 fully saturated rings. The number of anilines is 1. The molecule has 2 N–H and O–H groups in total. The molecule has 17 heavy (non-hydrogen) atoms. The number of hydrogen-bond donors (Lipinski definition) is 1. The van der Waals surface area contributed by atoms with Gasteiger partial charge in [0, 0.05) is 5.56 Å². The van der Waals surface area contributed by atoms with E-state index in [1.165, 1.54) is 16.8 Å². The molecule has 0 aliphatic carbocycles. The molecular formula is C12H13FN4. The standard InChI is InChI=1S/C12H13FN4/c1-8-3-4-11(13)5-10(8)6-15-17-7-9(2)16-12(17)14/h3-7H,1-2H3,(H2,14,16). The molecule has 0 aliphatic rings. The number of aryl methyl sites for hydroxylation is 2. The van der Waals surface area contributed by atoms with Crippen LogP contribution in [0.1, 0.15) is 16.8 Å². The lowest BCUT2D eigenvalue weighted by atomic mass is 10.1. The van der Waals surface area contributed by atoms with Gasteiger partial charge in [0.15, 0.2) is 0 Å². The fourth-order valence-electron chi connectivity index (χ4n) is 1.47. The molecule has 2 aromatic rings. The molecule has 0 unspecified atom stereocenters. The predicted octanol–water partition coefficient (Wildman–Crippen LogP) is 2.10. The second kappa shape index (κ2) is 4.37. The monoisotopic (exact) mass is 232 g/mol. The smallest absolute Gasteiger partial charge is 0.221 e. The van der Waals surface area contributed by atoms with Crippen LogP contribution in [0.2, 0.25) is 0 Å². The second-order valence-corrected chi connectivity index (χ2v) is 3.83. The molecule has 0 aliphatic heterocycles. The normalized spacial score (nSPS) is 11.2. The molecule has 0 saturated heterocycles. The lowest BCUT2D eigenvalue weighted by Crippen LogP contribution is -1.98. The molecule has 1 aromatic heterocycles. The van der Waals surface area contributed by atoms with Gasteiger partial charge in [-0.25, -0.2) is 14.1 Å². The maximum Gasteiger partial charge on any atom is 0.221 e. The largest absolute Gasteiger partial charge is 0.368 e. The Morgan fingerprint density at radius 1 is 1.41 bits per heavy atom. The Balaban J connectivity index is 2.31. The SMILES string of the molecule is Cc1cn(N=Cc2cc(F)ccc2C)c(N)n1. The first-order valence-corrected chi connectivity index (χ1v) is 5.18. The molecule has 4 nitrogen and oxygen atoms in total. The molecular weight excluding hydrogens is 219 g/mol. The number of halogens is 1. The van der Waals surface area contributed by atoms with Crippen molar-refractivity contribution in [3.05, 3.63) is 47.0 Å². The third-order valence-corrected chi connectivity index (χ3v) is 2.40. The van der Waals surface area contributed by atoms with E-state index in [0.717, 1.165) is 16.8 Å². The van der Waals surface area contributed by atoms with E-state index in [2.05, 4.69) is 10.1 Å². The van der Waals surface area contributed by atoms with Crippen LogP contribution in [0.25, 0.3) is 0 Å². The average molecular weight is 232 g/mol. The molecule has 0 bridgehead atoms. The summed E-state index contributed by atoms with van der Waals surface area (Å²) in [5.41, 5.74) is 8.09. The summed E-state index contributed by atoms with van der Waals surface area (Å²) in [6.45, 7) is 3.72. The molecule has 1 aromatic carbocycles. The Hall–Kier alpha value is -2.17. The molecule has 0 saturated carbocycles. The maximum absolute atomic E-state index is 13.1. The van der Waals surface area contributed by atoms with Crippen LogP contribution in [-0.2, 0) is 0 Å². The minimum Gasteiger partial charge on any atom is -0.368 e. The van der Waals surface area contributed by atoms with Gasteiger partial charge in [-0.3, -0.25) is 0 Å². The van der Waals surface area contributed by atoms with Crippen molar-refractivity contribution in [1.29, 1.82) is 0 Å². The van der Waals surface area contributed by atoms with E-state index in [0.29, 0.717) is 5.95 Å². The minimum absolute atomic E-state index is 0.285. The van der Waals surface area contributed by atoms with Gasteiger partial charge in [0.25, 0.3) is 0 Å².